The fraction of sp³-hybridized carbons (Fsp3) is 0.634. The lowest BCUT2D eigenvalue weighted by molar-refractivity contribution is -0.328. The van der Waals surface area contributed by atoms with E-state index in [4.69, 9.17) is 33.2 Å². The summed E-state index contributed by atoms with van der Waals surface area (Å²) < 4.78 is 42.6. The summed E-state index contributed by atoms with van der Waals surface area (Å²) in [5.74, 6) is -4.63. The Kier molecular flexibility index (Phi) is 11.6. The van der Waals surface area contributed by atoms with Gasteiger partial charge in [0.05, 0.1) is 60.5 Å². The molecule has 14 atom stereocenters. The summed E-state index contributed by atoms with van der Waals surface area (Å²) in [5.41, 5.74) is -2.56. The van der Waals surface area contributed by atoms with E-state index in [1.165, 1.54) is 31.2 Å². The SMILES string of the molecule is COC(=O)[C@@H]1c2cc3c(c(O)c2[C@@H](O[C@H]2C[C@H](N(C)C)[C@H](O[C@H]4C[C@H](O)[C@H](O[C@H]5CC[C@@H](O)[C@H](C)O5)[C@H](C)O4)[C@H](C)O2)C[C@@]1(C)O)C(=O)c1c(O)cccc1C3=O. The zero-order valence-corrected chi connectivity index (χ0v) is 33.1. The van der Waals surface area contributed by atoms with Crippen molar-refractivity contribution in [1.29, 1.82) is 0 Å². The fourth-order valence-electron chi connectivity index (χ4n) is 9.16. The van der Waals surface area contributed by atoms with Crippen LogP contribution in [-0.2, 0) is 38.0 Å². The number of likely N-dealkylation sites (N-methyl/N-ethyl adjacent to an activating group) is 1. The van der Waals surface area contributed by atoms with Crippen LogP contribution in [0, 0.1) is 0 Å². The number of phenols is 2. The highest BCUT2D eigenvalue weighted by Gasteiger charge is 2.52. The number of ether oxygens (including phenoxy) is 7. The monoisotopic (exact) mass is 799 g/mol. The Labute approximate surface area is 330 Å². The molecule has 57 heavy (non-hydrogen) atoms. The number of carbonyl (C=O) groups excluding carboxylic acids is 3. The number of hydrogen-bond acceptors (Lipinski definition) is 16. The first kappa shape index (κ1) is 41.6. The van der Waals surface area contributed by atoms with Crippen molar-refractivity contribution in [3.63, 3.8) is 0 Å². The Morgan fingerprint density at radius 1 is 0.825 bits per heavy atom. The van der Waals surface area contributed by atoms with Gasteiger partial charge in [-0.25, -0.2) is 0 Å². The third kappa shape index (κ3) is 7.61. The maximum absolute atomic E-state index is 13.9. The molecule has 0 radical (unpaired) electrons. The number of phenolic OH excluding ortho intramolecular Hbond substituents is 2. The van der Waals surface area contributed by atoms with Crippen LogP contribution in [0.4, 0.5) is 0 Å². The van der Waals surface area contributed by atoms with Gasteiger partial charge in [0.1, 0.15) is 29.6 Å². The Bertz CT molecular complexity index is 1870. The zero-order valence-electron chi connectivity index (χ0n) is 33.1. The minimum atomic E-state index is -1.80. The van der Waals surface area contributed by atoms with Crippen LogP contribution in [0.2, 0.25) is 0 Å². The van der Waals surface area contributed by atoms with Gasteiger partial charge in [0.25, 0.3) is 0 Å². The first-order valence-electron chi connectivity index (χ1n) is 19.5. The smallest absolute Gasteiger partial charge is 0.316 e. The van der Waals surface area contributed by atoms with E-state index < -0.39 is 108 Å². The quantitative estimate of drug-likeness (QED) is 0.207. The number of nitrogens with zero attached hydrogens (tertiary/aromatic N) is 1. The molecule has 3 heterocycles. The maximum atomic E-state index is 13.9. The van der Waals surface area contributed by atoms with Gasteiger partial charge < -0.3 is 63.6 Å². The molecular weight excluding hydrogens is 746 g/mol. The Morgan fingerprint density at radius 3 is 2.12 bits per heavy atom. The number of aliphatic hydroxyl groups is 3. The molecule has 2 aromatic carbocycles. The molecule has 3 aliphatic heterocycles. The lowest BCUT2D eigenvalue weighted by Gasteiger charge is -2.48. The van der Waals surface area contributed by atoms with Crippen molar-refractivity contribution >= 4 is 17.5 Å². The van der Waals surface area contributed by atoms with Crippen molar-refractivity contribution < 1.29 is 73.1 Å². The van der Waals surface area contributed by atoms with Gasteiger partial charge in [-0.1, -0.05) is 12.1 Å². The predicted molar refractivity (Wildman–Crippen MR) is 198 cm³/mol. The summed E-state index contributed by atoms with van der Waals surface area (Å²) in [5, 5.41) is 55.5. The number of aromatic hydroxyl groups is 2. The third-order valence-electron chi connectivity index (χ3n) is 12.1. The summed E-state index contributed by atoms with van der Waals surface area (Å²) >= 11 is 0. The van der Waals surface area contributed by atoms with Gasteiger partial charge in [-0.3, -0.25) is 14.4 Å². The van der Waals surface area contributed by atoms with Gasteiger partial charge in [-0.05, 0) is 65.9 Å². The van der Waals surface area contributed by atoms with E-state index in [1.54, 1.807) is 13.8 Å². The van der Waals surface area contributed by atoms with Gasteiger partial charge >= 0.3 is 5.97 Å². The zero-order chi connectivity index (χ0) is 41.2. The molecule has 5 aliphatic rings. The Morgan fingerprint density at radius 2 is 1.47 bits per heavy atom. The van der Waals surface area contributed by atoms with Crippen LogP contribution in [0.15, 0.2) is 24.3 Å². The lowest BCUT2D eigenvalue weighted by atomic mass is 9.68. The minimum Gasteiger partial charge on any atom is -0.507 e. The van der Waals surface area contributed by atoms with Gasteiger partial charge in [-0.15, -0.1) is 0 Å². The molecule has 2 aromatic rings. The summed E-state index contributed by atoms with van der Waals surface area (Å²) in [6, 6.07) is 5.09. The van der Waals surface area contributed by atoms with Crippen molar-refractivity contribution in [2.75, 3.05) is 21.2 Å². The molecule has 0 saturated carbocycles. The Hall–Kier alpha value is -3.55. The van der Waals surface area contributed by atoms with Crippen molar-refractivity contribution in [1.82, 2.24) is 4.90 Å². The highest BCUT2D eigenvalue weighted by molar-refractivity contribution is 6.30. The first-order valence-corrected chi connectivity index (χ1v) is 19.5. The molecule has 0 spiro atoms. The molecule has 3 saturated heterocycles. The average molecular weight is 800 g/mol. The second kappa shape index (κ2) is 15.9. The largest absolute Gasteiger partial charge is 0.507 e. The van der Waals surface area contributed by atoms with Crippen LogP contribution in [0.1, 0.15) is 115 Å². The number of carbonyl (C=O) groups is 3. The van der Waals surface area contributed by atoms with E-state index in [-0.39, 0.29) is 58.7 Å². The topological polar surface area (TPSA) is 220 Å². The Balaban J connectivity index is 1.12. The summed E-state index contributed by atoms with van der Waals surface area (Å²) in [6.07, 6.45) is -6.61. The van der Waals surface area contributed by atoms with Crippen LogP contribution in [0.3, 0.4) is 0 Å². The molecule has 0 aromatic heterocycles. The molecule has 0 amide bonds. The standard InChI is InChI=1S/C41H53NO15/c1-17-24(43)11-12-28(52-17)56-39-19(3)54-30(15-26(39)45)57-38-18(2)53-29(14-23(38)42(5)6)55-27-16-41(4,50)34(40(49)51-7)21-13-22-33(37(48)32(21)27)36(47)31-20(35(22)46)9-8-10-25(31)44/h8-10,13,17-19,23-24,26-30,34,38-39,43-45,48,50H,11-12,14-16H2,1-7H3/t17-,18-,19-,23-,24+,26-,27-,28-,29-,30-,34-,38+,39+,41+/m0/s1. The molecule has 0 bridgehead atoms. The normalized spacial score (nSPS) is 38.0. The fourth-order valence-corrected chi connectivity index (χ4v) is 9.16. The third-order valence-corrected chi connectivity index (χ3v) is 12.1. The number of fused-ring (bicyclic) bond motifs is 3. The average Bonchev–Trinajstić information content (AvgIpc) is 3.13. The number of hydrogen-bond donors (Lipinski definition) is 5. The molecule has 2 aliphatic carbocycles. The van der Waals surface area contributed by atoms with Crippen LogP contribution < -0.4 is 0 Å². The summed E-state index contributed by atoms with van der Waals surface area (Å²) in [6.45, 7) is 6.81. The second-order valence-electron chi connectivity index (χ2n) is 16.4. The molecule has 7 rings (SSSR count). The van der Waals surface area contributed by atoms with E-state index in [0.717, 1.165) is 7.11 Å². The second-order valence-corrected chi connectivity index (χ2v) is 16.4. The predicted octanol–water partition coefficient (Wildman–Crippen LogP) is 2.56. The van der Waals surface area contributed by atoms with Crippen LogP contribution in [-0.4, -0.2) is 142 Å². The van der Waals surface area contributed by atoms with E-state index >= 15 is 0 Å². The molecule has 16 nitrogen and oxygen atoms in total. The minimum absolute atomic E-state index is 0.0198. The van der Waals surface area contributed by atoms with Crippen molar-refractivity contribution in [3.05, 3.63) is 57.6 Å². The number of esters is 1. The van der Waals surface area contributed by atoms with Gasteiger partial charge in [-0.2, -0.15) is 0 Å². The molecule has 312 valence electrons. The van der Waals surface area contributed by atoms with Gasteiger partial charge in [0, 0.05) is 48.4 Å². The van der Waals surface area contributed by atoms with E-state index in [9.17, 15) is 39.9 Å². The van der Waals surface area contributed by atoms with Gasteiger partial charge in [0.15, 0.2) is 24.7 Å². The molecule has 0 unspecified atom stereocenters. The van der Waals surface area contributed by atoms with Crippen LogP contribution in [0.25, 0.3) is 0 Å². The van der Waals surface area contributed by atoms with E-state index in [1.807, 2.05) is 25.9 Å². The lowest BCUT2D eigenvalue weighted by Crippen LogP contribution is -2.58. The maximum Gasteiger partial charge on any atom is 0.316 e. The van der Waals surface area contributed by atoms with Crippen molar-refractivity contribution in [2.24, 2.45) is 0 Å². The number of methoxy groups -OCH3 is 1. The molecular formula is C41H53NO15. The van der Waals surface area contributed by atoms with E-state index in [0.29, 0.717) is 12.8 Å². The molecule has 5 N–H and O–H groups in total. The number of benzene rings is 2. The summed E-state index contributed by atoms with van der Waals surface area (Å²) in [4.78, 5) is 42.8. The van der Waals surface area contributed by atoms with Crippen LogP contribution in [0.5, 0.6) is 11.5 Å². The van der Waals surface area contributed by atoms with Crippen LogP contribution >= 0.6 is 0 Å². The summed E-state index contributed by atoms with van der Waals surface area (Å²) in [7, 11) is 4.91. The van der Waals surface area contributed by atoms with E-state index in [2.05, 4.69) is 0 Å². The highest BCUT2D eigenvalue weighted by Crippen LogP contribution is 2.53. The molecule has 3 fully saturated rings. The highest BCUT2D eigenvalue weighted by atomic mass is 16.7. The first-order chi connectivity index (χ1) is 26.9. The number of rotatable bonds is 8. The number of aliphatic hydroxyl groups excluding tert-OH is 2. The van der Waals surface area contributed by atoms with Crippen molar-refractivity contribution in [3.8, 4) is 11.5 Å². The van der Waals surface area contributed by atoms with Gasteiger partial charge in [0.2, 0.25) is 5.78 Å². The molecule has 16 heteroatoms. The number of ketones is 2. The van der Waals surface area contributed by atoms with Crippen molar-refractivity contribution in [2.45, 2.75) is 145 Å².